The predicted molar refractivity (Wildman–Crippen MR) is 75.5 cm³/mol. The van der Waals surface area contributed by atoms with Crippen LogP contribution in [0.25, 0.3) is 0 Å². The molecule has 2 nitrogen and oxygen atoms in total. The molecular weight excluding hydrogens is 424 g/mol. The molecule has 1 unspecified atom stereocenters. The van der Waals surface area contributed by atoms with E-state index in [1.54, 1.807) is 5.56 Å². The van der Waals surface area contributed by atoms with Crippen molar-refractivity contribution >= 4 is 14.1 Å². The summed E-state index contributed by atoms with van der Waals surface area (Å²) in [6, 6.07) is 3.64. The van der Waals surface area contributed by atoms with Crippen LogP contribution >= 0.6 is 0 Å². The maximum Gasteiger partial charge on any atom is 2.00 e. The molecule has 2 aliphatic heterocycles. The molecule has 4 rings (SSSR count). The Morgan fingerprint density at radius 2 is 2.15 bits per heavy atom. The summed E-state index contributed by atoms with van der Waals surface area (Å²) in [7, 11) is 0. The quantitative estimate of drug-likeness (QED) is 0.488. The topological polar surface area (TPSA) is 12.5 Å². The van der Waals surface area contributed by atoms with Gasteiger partial charge < -0.3 is 16.6 Å². The van der Waals surface area contributed by atoms with Gasteiger partial charge in [0.05, 0.1) is 0 Å². The molecule has 105 valence electrons. The molecule has 0 N–H and O–H groups in total. The Hall–Kier alpha value is -0.337. The molecule has 20 heavy (non-hydrogen) atoms. The third-order valence-corrected chi connectivity index (χ3v) is 4.45. The maximum atomic E-state index is 5.82. The summed E-state index contributed by atoms with van der Waals surface area (Å²) < 4.78 is 5.82. The van der Waals surface area contributed by atoms with Crippen LogP contribution in [0.15, 0.2) is 0 Å². The Labute approximate surface area is 136 Å². The standard InChI is InChI=1S/C15H17NO.B.FH.W/c1-2-10-7-11-3-4-12-8-17-9-16-6-5-13(10)15(16)14(11)12;;;/h12H,1-6,8-9H2;;1H;/q-2;;;+2. The number of hydrogen-bond acceptors (Lipinski definition) is 2. The van der Waals surface area contributed by atoms with Crippen molar-refractivity contribution in [1.82, 2.24) is 0 Å². The number of anilines is 1. The van der Waals surface area contributed by atoms with Crippen LogP contribution in [-0.4, -0.2) is 28.3 Å². The van der Waals surface area contributed by atoms with E-state index in [-0.39, 0.29) is 34.2 Å². The van der Waals surface area contributed by atoms with Crippen LogP contribution in [0.1, 0.15) is 34.6 Å². The first-order valence-electron chi connectivity index (χ1n) is 6.60. The molecule has 0 aromatic heterocycles. The van der Waals surface area contributed by atoms with Crippen LogP contribution in [0.4, 0.5) is 10.4 Å². The molecule has 3 radical (unpaired) electrons. The molecule has 5 heteroatoms. The molecule has 0 spiro atoms. The van der Waals surface area contributed by atoms with Gasteiger partial charge >= 0.3 is 21.1 Å². The third kappa shape index (κ3) is 2.35. The number of rotatable bonds is 1. The number of ether oxygens (including phenoxy) is 1. The average molecular weight is 442 g/mol. The van der Waals surface area contributed by atoms with Gasteiger partial charge in [0.15, 0.2) is 0 Å². The summed E-state index contributed by atoms with van der Waals surface area (Å²) in [4.78, 5) is 2.42. The van der Waals surface area contributed by atoms with Crippen molar-refractivity contribution < 1.29 is 30.5 Å². The van der Waals surface area contributed by atoms with Crippen molar-refractivity contribution in [3.63, 3.8) is 0 Å². The first-order chi connectivity index (χ1) is 8.38. The largest absolute Gasteiger partial charge is 2.00 e. The SMILES string of the molecule is F.[B].[CH2-]Cc1[c-]c2c3c4c1CCN4COCC3CC2.[W+2]. The fraction of sp³-hybridized carbons (Fsp3) is 0.533. The monoisotopic (exact) mass is 442 g/mol. The van der Waals surface area contributed by atoms with Gasteiger partial charge in [-0.25, -0.2) is 0 Å². The van der Waals surface area contributed by atoms with Crippen molar-refractivity contribution in [2.24, 2.45) is 0 Å². The molecule has 1 aromatic carbocycles. The first-order valence-corrected chi connectivity index (χ1v) is 6.60. The van der Waals surface area contributed by atoms with Crippen LogP contribution in [0.5, 0.6) is 0 Å². The van der Waals surface area contributed by atoms with Crippen LogP contribution in [-0.2, 0) is 45.1 Å². The molecule has 0 amide bonds. The summed E-state index contributed by atoms with van der Waals surface area (Å²) in [6.45, 7) is 6.84. The van der Waals surface area contributed by atoms with Gasteiger partial charge in [0.2, 0.25) is 0 Å². The number of benzene rings is 1. The van der Waals surface area contributed by atoms with E-state index < -0.39 is 0 Å². The van der Waals surface area contributed by atoms with Gasteiger partial charge in [0.1, 0.15) is 6.73 Å². The summed E-state index contributed by atoms with van der Waals surface area (Å²) in [5.41, 5.74) is 7.37. The van der Waals surface area contributed by atoms with E-state index in [0.29, 0.717) is 5.92 Å². The zero-order chi connectivity index (χ0) is 11.4. The maximum absolute atomic E-state index is 5.82. The van der Waals surface area contributed by atoms with Crippen LogP contribution < -0.4 is 4.90 Å². The van der Waals surface area contributed by atoms with Gasteiger partial charge in [-0.05, 0) is 5.92 Å². The zero-order valence-electron chi connectivity index (χ0n) is 11.5. The molecular formula is C15H18BFNOW. The minimum atomic E-state index is 0. The summed E-state index contributed by atoms with van der Waals surface area (Å²) in [5, 5.41) is 0. The summed E-state index contributed by atoms with van der Waals surface area (Å²) in [6.07, 6.45) is 4.44. The Morgan fingerprint density at radius 3 is 2.90 bits per heavy atom. The van der Waals surface area contributed by atoms with E-state index in [9.17, 15) is 0 Å². The average Bonchev–Trinajstić information content (AvgIpc) is 2.88. The number of hydrogen-bond donors (Lipinski definition) is 0. The number of nitrogens with zero attached hydrogens (tertiary/aromatic N) is 1. The molecule has 0 saturated heterocycles. The van der Waals surface area contributed by atoms with Crippen LogP contribution in [0, 0.1) is 13.0 Å². The van der Waals surface area contributed by atoms with Gasteiger partial charge in [-0.1, -0.05) is 24.9 Å². The van der Waals surface area contributed by atoms with Crippen LogP contribution in [0.2, 0.25) is 0 Å². The smallest absolute Gasteiger partial charge is 0.371 e. The molecule has 0 fully saturated rings. The van der Waals surface area contributed by atoms with E-state index >= 15 is 0 Å². The van der Waals surface area contributed by atoms with Gasteiger partial charge in [-0.2, -0.15) is 23.6 Å². The fourth-order valence-corrected chi connectivity index (χ4v) is 3.68. The Kier molecular flexibility index (Phi) is 5.86. The van der Waals surface area contributed by atoms with Gasteiger partial charge in [-0.3, -0.25) is 4.70 Å². The second-order valence-electron chi connectivity index (χ2n) is 5.32. The van der Waals surface area contributed by atoms with E-state index in [4.69, 9.17) is 4.74 Å². The van der Waals surface area contributed by atoms with Crippen molar-refractivity contribution in [2.45, 2.75) is 31.6 Å². The van der Waals surface area contributed by atoms with Gasteiger partial charge in [0.25, 0.3) is 0 Å². The second-order valence-corrected chi connectivity index (χ2v) is 5.32. The van der Waals surface area contributed by atoms with Crippen LogP contribution in [0.3, 0.4) is 0 Å². The third-order valence-electron chi connectivity index (χ3n) is 4.45. The van der Waals surface area contributed by atoms with E-state index in [1.807, 2.05) is 0 Å². The molecule has 0 bridgehead atoms. The normalized spacial score (nSPS) is 21.2. The predicted octanol–water partition coefficient (Wildman–Crippen LogP) is 2.01. The fourth-order valence-electron chi connectivity index (χ4n) is 3.68. The van der Waals surface area contributed by atoms with Gasteiger partial charge in [0, 0.05) is 21.6 Å². The summed E-state index contributed by atoms with van der Waals surface area (Å²) in [5.74, 6) is 0.622. The first kappa shape index (κ1) is 17.7. The van der Waals surface area contributed by atoms with E-state index in [1.165, 1.54) is 35.2 Å². The molecule has 2 heterocycles. The Morgan fingerprint density at radius 1 is 1.35 bits per heavy atom. The van der Waals surface area contributed by atoms with Gasteiger partial charge in [-0.15, -0.1) is 11.1 Å². The van der Waals surface area contributed by atoms with E-state index in [0.717, 1.165) is 32.7 Å². The second kappa shape index (κ2) is 6.62. The number of aryl methyl sites for hydroxylation is 1. The van der Waals surface area contributed by atoms with Crippen molar-refractivity contribution in [2.75, 3.05) is 24.8 Å². The van der Waals surface area contributed by atoms with Crippen molar-refractivity contribution in [1.29, 1.82) is 0 Å². The Bertz CT molecular complexity index is 497. The Balaban J connectivity index is 0.000000667. The molecule has 1 atom stereocenters. The molecule has 1 aromatic rings. The van der Waals surface area contributed by atoms with E-state index in [2.05, 4.69) is 17.9 Å². The minimum Gasteiger partial charge on any atom is -0.371 e. The summed E-state index contributed by atoms with van der Waals surface area (Å²) >= 11 is 0. The van der Waals surface area contributed by atoms with Crippen molar-refractivity contribution in [3.8, 4) is 0 Å². The van der Waals surface area contributed by atoms with Crippen molar-refractivity contribution in [3.05, 3.63) is 35.2 Å². The molecule has 0 saturated carbocycles. The number of halogens is 1. The molecule has 3 aliphatic rings. The molecule has 1 aliphatic carbocycles. The zero-order valence-corrected chi connectivity index (χ0v) is 14.4. The minimum absolute atomic E-state index is 0.